The third-order valence-electron chi connectivity index (χ3n) is 3.57. The lowest BCUT2D eigenvalue weighted by Crippen LogP contribution is -2.54. The van der Waals surface area contributed by atoms with Crippen LogP contribution < -0.4 is 11.5 Å². The van der Waals surface area contributed by atoms with E-state index in [9.17, 15) is 4.79 Å². The number of nitrogens with two attached hydrogens (primary N) is 2. The van der Waals surface area contributed by atoms with Crippen LogP contribution in [0.25, 0.3) is 0 Å². The van der Waals surface area contributed by atoms with Crippen LogP contribution in [0.5, 0.6) is 0 Å². The Morgan fingerprint density at radius 3 is 2.89 bits per heavy atom. The van der Waals surface area contributed by atoms with Crippen molar-refractivity contribution in [2.75, 3.05) is 5.75 Å². The Hall–Kier alpha value is -1.14. The van der Waals surface area contributed by atoms with Crippen molar-refractivity contribution in [2.45, 2.75) is 36.4 Å². The fourth-order valence-electron chi connectivity index (χ4n) is 2.48. The summed E-state index contributed by atoms with van der Waals surface area (Å²) in [6, 6.07) is 1.79. The molecule has 1 aromatic rings. The molecule has 98 valence electrons. The van der Waals surface area contributed by atoms with Gasteiger partial charge in [-0.3, -0.25) is 4.79 Å². The molecule has 1 aliphatic carbocycles. The van der Waals surface area contributed by atoms with Crippen molar-refractivity contribution < 1.29 is 4.79 Å². The molecule has 1 heterocycles. The molecule has 18 heavy (non-hydrogen) atoms. The van der Waals surface area contributed by atoms with Crippen molar-refractivity contribution in [3.63, 3.8) is 0 Å². The number of amides is 1. The molecule has 2 unspecified atom stereocenters. The number of rotatable bonds is 5. The zero-order valence-corrected chi connectivity index (χ0v) is 11.0. The molecule has 0 radical (unpaired) electrons. The van der Waals surface area contributed by atoms with E-state index in [0.29, 0.717) is 6.42 Å². The molecular weight excluding hydrogens is 248 g/mol. The summed E-state index contributed by atoms with van der Waals surface area (Å²) in [7, 11) is 0. The van der Waals surface area contributed by atoms with Crippen molar-refractivity contribution in [1.82, 2.24) is 9.97 Å². The predicted octanol–water partition coefficient (Wildman–Crippen LogP) is 0.942. The molecule has 1 amide bonds. The van der Waals surface area contributed by atoms with Crippen LogP contribution >= 0.6 is 11.8 Å². The molecular formula is C12H18N4OS. The van der Waals surface area contributed by atoms with Gasteiger partial charge in [-0.2, -0.15) is 0 Å². The first kappa shape index (κ1) is 13.3. The van der Waals surface area contributed by atoms with Gasteiger partial charge in [0.05, 0.1) is 5.54 Å². The lowest BCUT2D eigenvalue weighted by atomic mass is 9.85. The smallest absolute Gasteiger partial charge is 0.237 e. The average molecular weight is 266 g/mol. The van der Waals surface area contributed by atoms with Crippen LogP contribution in [0.3, 0.4) is 0 Å². The second kappa shape index (κ2) is 5.67. The van der Waals surface area contributed by atoms with Crippen molar-refractivity contribution in [3.8, 4) is 0 Å². The first-order valence-corrected chi connectivity index (χ1v) is 7.10. The second-order valence-corrected chi connectivity index (χ2v) is 5.72. The summed E-state index contributed by atoms with van der Waals surface area (Å²) in [6.07, 6.45) is 7.00. The van der Waals surface area contributed by atoms with E-state index in [1.165, 1.54) is 0 Å². The second-order valence-electron chi connectivity index (χ2n) is 4.66. The quantitative estimate of drug-likeness (QED) is 0.611. The molecule has 6 heteroatoms. The molecule has 1 aromatic heterocycles. The van der Waals surface area contributed by atoms with Gasteiger partial charge >= 0.3 is 0 Å². The normalized spacial score (nSPS) is 27.3. The number of hydrogen-bond acceptors (Lipinski definition) is 5. The van der Waals surface area contributed by atoms with E-state index in [4.69, 9.17) is 11.5 Å². The lowest BCUT2D eigenvalue weighted by Gasteiger charge is -2.27. The summed E-state index contributed by atoms with van der Waals surface area (Å²) in [5.74, 6) is 0.679. The Morgan fingerprint density at radius 2 is 2.22 bits per heavy atom. The average Bonchev–Trinajstić information content (AvgIpc) is 2.74. The number of carbonyl (C=O) groups is 1. The maximum Gasteiger partial charge on any atom is 0.237 e. The molecule has 2 rings (SSSR count). The van der Waals surface area contributed by atoms with E-state index < -0.39 is 5.54 Å². The van der Waals surface area contributed by atoms with Crippen molar-refractivity contribution in [1.29, 1.82) is 0 Å². The number of thioether (sulfide) groups is 1. The van der Waals surface area contributed by atoms with Gasteiger partial charge in [0, 0.05) is 18.1 Å². The summed E-state index contributed by atoms with van der Waals surface area (Å²) >= 11 is 1.59. The zero-order valence-electron chi connectivity index (χ0n) is 10.2. The molecule has 0 spiro atoms. The Balaban J connectivity index is 1.85. The molecule has 4 N–H and O–H groups in total. The Kier molecular flexibility index (Phi) is 4.19. The third kappa shape index (κ3) is 2.81. The Morgan fingerprint density at radius 1 is 1.50 bits per heavy atom. The van der Waals surface area contributed by atoms with E-state index >= 15 is 0 Å². The van der Waals surface area contributed by atoms with Crippen molar-refractivity contribution in [3.05, 3.63) is 18.5 Å². The van der Waals surface area contributed by atoms with Crippen LogP contribution in [-0.2, 0) is 4.79 Å². The summed E-state index contributed by atoms with van der Waals surface area (Å²) in [5.41, 5.74) is 10.7. The molecule has 2 atom stereocenters. The van der Waals surface area contributed by atoms with Crippen LogP contribution in [0.2, 0.25) is 0 Å². The van der Waals surface area contributed by atoms with Gasteiger partial charge in [0.2, 0.25) is 5.91 Å². The van der Waals surface area contributed by atoms with Gasteiger partial charge in [-0.1, -0.05) is 18.2 Å². The molecule has 0 bridgehead atoms. The fourth-order valence-corrected chi connectivity index (χ4v) is 3.34. The highest BCUT2D eigenvalue weighted by Gasteiger charge is 2.43. The zero-order chi connectivity index (χ0) is 13.0. The molecule has 0 saturated heterocycles. The highest BCUT2D eigenvalue weighted by atomic mass is 32.2. The number of nitrogens with zero attached hydrogens (tertiary/aromatic N) is 2. The largest absolute Gasteiger partial charge is 0.368 e. The van der Waals surface area contributed by atoms with Crippen LogP contribution in [0, 0.1) is 5.92 Å². The SMILES string of the molecule is NC(=O)C1(N)CCCC1CCSc1ncccn1. The van der Waals surface area contributed by atoms with Gasteiger partial charge in [-0.05, 0) is 31.2 Å². The highest BCUT2D eigenvalue weighted by Crippen LogP contribution is 2.36. The van der Waals surface area contributed by atoms with E-state index in [-0.39, 0.29) is 11.8 Å². The van der Waals surface area contributed by atoms with E-state index in [2.05, 4.69) is 9.97 Å². The third-order valence-corrected chi connectivity index (χ3v) is 4.48. The standard InChI is InChI=1S/C12H18N4OS/c13-10(17)12(14)5-1-3-9(12)4-8-18-11-15-6-2-7-16-11/h2,6-7,9H,1,3-5,8,14H2,(H2,13,17). The minimum absolute atomic E-state index is 0.186. The topological polar surface area (TPSA) is 94.9 Å². The fraction of sp³-hybridized carbons (Fsp3) is 0.583. The number of primary amides is 1. The maximum absolute atomic E-state index is 11.4. The van der Waals surface area contributed by atoms with Gasteiger partial charge < -0.3 is 11.5 Å². The van der Waals surface area contributed by atoms with Crippen LogP contribution in [0.15, 0.2) is 23.6 Å². The van der Waals surface area contributed by atoms with Gasteiger partial charge in [-0.25, -0.2) is 9.97 Å². The van der Waals surface area contributed by atoms with Crippen molar-refractivity contribution >= 4 is 17.7 Å². The summed E-state index contributed by atoms with van der Waals surface area (Å²) in [5, 5.41) is 0.761. The van der Waals surface area contributed by atoms with E-state index in [0.717, 1.165) is 30.2 Å². The van der Waals surface area contributed by atoms with Crippen LogP contribution in [0.1, 0.15) is 25.7 Å². The lowest BCUT2D eigenvalue weighted by molar-refractivity contribution is -0.124. The highest BCUT2D eigenvalue weighted by molar-refractivity contribution is 7.99. The molecule has 1 fully saturated rings. The maximum atomic E-state index is 11.4. The van der Waals surface area contributed by atoms with E-state index in [1.54, 1.807) is 30.2 Å². The molecule has 0 aromatic carbocycles. The minimum Gasteiger partial charge on any atom is -0.368 e. The van der Waals surface area contributed by atoms with Gasteiger partial charge in [0.25, 0.3) is 0 Å². The summed E-state index contributed by atoms with van der Waals surface area (Å²) in [4.78, 5) is 19.7. The van der Waals surface area contributed by atoms with Crippen LogP contribution in [0.4, 0.5) is 0 Å². The summed E-state index contributed by atoms with van der Waals surface area (Å²) in [6.45, 7) is 0. The monoisotopic (exact) mass is 266 g/mol. The molecule has 1 aliphatic rings. The first-order chi connectivity index (χ1) is 8.63. The van der Waals surface area contributed by atoms with Gasteiger partial charge in [0.15, 0.2) is 5.16 Å². The molecule has 1 saturated carbocycles. The molecule has 5 nitrogen and oxygen atoms in total. The predicted molar refractivity (Wildman–Crippen MR) is 70.8 cm³/mol. The van der Waals surface area contributed by atoms with E-state index in [1.807, 2.05) is 0 Å². The minimum atomic E-state index is -0.807. The number of carbonyl (C=O) groups excluding carboxylic acids is 1. The van der Waals surface area contributed by atoms with Gasteiger partial charge in [-0.15, -0.1) is 0 Å². The summed E-state index contributed by atoms with van der Waals surface area (Å²) < 4.78 is 0. The van der Waals surface area contributed by atoms with Crippen molar-refractivity contribution in [2.24, 2.45) is 17.4 Å². The Bertz CT molecular complexity index is 414. The van der Waals surface area contributed by atoms with Gasteiger partial charge in [0.1, 0.15) is 0 Å². The Labute approximate surface area is 111 Å². The number of hydrogen-bond donors (Lipinski definition) is 2. The number of aromatic nitrogens is 2. The molecule has 0 aliphatic heterocycles. The van der Waals surface area contributed by atoms with Crippen LogP contribution in [-0.4, -0.2) is 27.2 Å². The first-order valence-electron chi connectivity index (χ1n) is 6.11.